The van der Waals surface area contributed by atoms with Crippen LogP contribution in [0.2, 0.25) is 0 Å². The average Bonchev–Trinajstić information content (AvgIpc) is 2.23. The van der Waals surface area contributed by atoms with E-state index in [1.807, 2.05) is 6.92 Å². The Morgan fingerprint density at radius 2 is 2.00 bits per heavy atom. The quantitative estimate of drug-likeness (QED) is 0.612. The van der Waals surface area contributed by atoms with Crippen molar-refractivity contribution < 1.29 is 14.6 Å². The van der Waals surface area contributed by atoms with Gasteiger partial charge in [-0.3, -0.25) is 4.79 Å². The molecule has 4 nitrogen and oxygen atoms in total. The normalized spacial score (nSPS) is 16.8. The van der Waals surface area contributed by atoms with Crippen molar-refractivity contribution in [3.63, 3.8) is 0 Å². The molecule has 0 fully saturated rings. The fraction of sp³-hybridized carbons (Fsp3) is 0.923. The topological polar surface area (TPSA) is 58.6 Å². The number of nitrogens with one attached hydrogen (secondary N) is 1. The van der Waals surface area contributed by atoms with Crippen molar-refractivity contribution >= 4 is 5.97 Å². The van der Waals surface area contributed by atoms with Crippen LogP contribution < -0.4 is 5.32 Å². The first-order valence-electron chi connectivity index (χ1n) is 6.35. The van der Waals surface area contributed by atoms with E-state index < -0.39 is 11.5 Å². The SMILES string of the molecule is CNC(C)(CC(C)OCCCC(C)C)C(=O)O. The number of likely N-dealkylation sites (N-methyl/N-ethyl adjacent to an activating group) is 1. The van der Waals surface area contributed by atoms with Crippen LogP contribution in [-0.2, 0) is 9.53 Å². The minimum Gasteiger partial charge on any atom is -0.480 e. The molecule has 0 spiro atoms. The van der Waals surface area contributed by atoms with Crippen molar-refractivity contribution in [2.24, 2.45) is 5.92 Å². The molecule has 0 aromatic heterocycles. The standard InChI is InChI=1S/C13H27NO3/c1-10(2)7-6-8-17-11(3)9-13(4,14-5)12(15)16/h10-11,14H,6-9H2,1-5H3,(H,15,16). The van der Waals surface area contributed by atoms with Gasteiger partial charge in [0.05, 0.1) is 6.10 Å². The Labute approximate surface area is 105 Å². The van der Waals surface area contributed by atoms with Gasteiger partial charge < -0.3 is 15.2 Å². The van der Waals surface area contributed by atoms with Gasteiger partial charge in [-0.05, 0) is 39.7 Å². The summed E-state index contributed by atoms with van der Waals surface area (Å²) in [6.45, 7) is 8.69. The molecule has 2 N–H and O–H groups in total. The van der Waals surface area contributed by atoms with E-state index in [4.69, 9.17) is 9.84 Å². The third-order valence-electron chi connectivity index (χ3n) is 3.05. The molecule has 0 aliphatic rings. The van der Waals surface area contributed by atoms with Gasteiger partial charge in [0.25, 0.3) is 0 Å². The lowest BCUT2D eigenvalue weighted by molar-refractivity contribution is -0.145. The minimum absolute atomic E-state index is 0.0456. The van der Waals surface area contributed by atoms with Gasteiger partial charge in [0.2, 0.25) is 0 Å². The molecule has 102 valence electrons. The van der Waals surface area contributed by atoms with E-state index in [1.54, 1.807) is 14.0 Å². The molecule has 2 atom stereocenters. The second-order valence-corrected chi connectivity index (χ2v) is 5.31. The Hall–Kier alpha value is -0.610. The molecule has 0 rings (SSSR count). The molecule has 0 saturated heterocycles. The maximum Gasteiger partial charge on any atom is 0.323 e. The lowest BCUT2D eigenvalue weighted by Gasteiger charge is -2.27. The zero-order valence-corrected chi connectivity index (χ0v) is 11.7. The molecule has 0 heterocycles. The first-order chi connectivity index (χ1) is 7.81. The van der Waals surface area contributed by atoms with Crippen LogP contribution in [0.15, 0.2) is 0 Å². The fourth-order valence-corrected chi connectivity index (χ4v) is 1.71. The van der Waals surface area contributed by atoms with Crippen molar-refractivity contribution in [2.75, 3.05) is 13.7 Å². The number of rotatable bonds is 9. The summed E-state index contributed by atoms with van der Waals surface area (Å²) >= 11 is 0. The van der Waals surface area contributed by atoms with E-state index in [2.05, 4.69) is 19.2 Å². The summed E-state index contributed by atoms with van der Waals surface area (Å²) in [7, 11) is 1.67. The van der Waals surface area contributed by atoms with Crippen LogP contribution in [0.4, 0.5) is 0 Å². The van der Waals surface area contributed by atoms with E-state index in [0.717, 1.165) is 12.8 Å². The molecule has 17 heavy (non-hydrogen) atoms. The number of hydrogen-bond donors (Lipinski definition) is 2. The Bertz CT molecular complexity index is 231. The zero-order chi connectivity index (χ0) is 13.5. The molecular formula is C13H27NO3. The van der Waals surface area contributed by atoms with Gasteiger partial charge in [0.1, 0.15) is 5.54 Å². The van der Waals surface area contributed by atoms with Crippen LogP contribution in [0.1, 0.15) is 47.0 Å². The van der Waals surface area contributed by atoms with Gasteiger partial charge in [0, 0.05) is 13.0 Å². The molecule has 0 aromatic carbocycles. The summed E-state index contributed by atoms with van der Waals surface area (Å²) in [5.41, 5.74) is -0.905. The van der Waals surface area contributed by atoms with Crippen LogP contribution in [0, 0.1) is 5.92 Å². The molecule has 0 aromatic rings. The zero-order valence-electron chi connectivity index (χ0n) is 11.7. The highest BCUT2D eigenvalue weighted by atomic mass is 16.5. The number of ether oxygens (including phenoxy) is 1. The lowest BCUT2D eigenvalue weighted by atomic mass is 9.95. The van der Waals surface area contributed by atoms with Gasteiger partial charge in [-0.25, -0.2) is 0 Å². The van der Waals surface area contributed by atoms with Crippen LogP contribution in [0.3, 0.4) is 0 Å². The smallest absolute Gasteiger partial charge is 0.323 e. The molecule has 0 aliphatic heterocycles. The number of aliphatic carboxylic acids is 1. The fourth-order valence-electron chi connectivity index (χ4n) is 1.71. The Morgan fingerprint density at radius 1 is 1.41 bits per heavy atom. The monoisotopic (exact) mass is 245 g/mol. The third kappa shape index (κ3) is 6.64. The predicted molar refractivity (Wildman–Crippen MR) is 69.2 cm³/mol. The van der Waals surface area contributed by atoms with Crippen molar-refractivity contribution in [1.29, 1.82) is 0 Å². The summed E-state index contributed by atoms with van der Waals surface area (Å²) in [4.78, 5) is 11.1. The molecule has 0 bridgehead atoms. The summed E-state index contributed by atoms with van der Waals surface area (Å²) in [6, 6.07) is 0. The molecule has 0 saturated carbocycles. The van der Waals surface area contributed by atoms with Gasteiger partial charge in [0.15, 0.2) is 0 Å². The molecule has 0 aliphatic carbocycles. The number of carboxylic acids is 1. The highest BCUT2D eigenvalue weighted by molar-refractivity contribution is 5.78. The van der Waals surface area contributed by atoms with Gasteiger partial charge >= 0.3 is 5.97 Å². The van der Waals surface area contributed by atoms with E-state index in [1.165, 1.54) is 0 Å². The Kier molecular flexibility index (Phi) is 7.39. The summed E-state index contributed by atoms with van der Waals surface area (Å²) in [5, 5.41) is 11.9. The van der Waals surface area contributed by atoms with Crippen molar-refractivity contribution in [1.82, 2.24) is 5.32 Å². The van der Waals surface area contributed by atoms with Crippen LogP contribution in [0.25, 0.3) is 0 Å². The second kappa shape index (κ2) is 7.67. The van der Waals surface area contributed by atoms with Gasteiger partial charge in [-0.2, -0.15) is 0 Å². The summed E-state index contributed by atoms with van der Waals surface area (Å²) < 4.78 is 5.64. The molecule has 0 radical (unpaired) electrons. The van der Waals surface area contributed by atoms with Crippen LogP contribution in [-0.4, -0.2) is 36.4 Å². The first-order valence-corrected chi connectivity index (χ1v) is 6.35. The largest absolute Gasteiger partial charge is 0.480 e. The van der Waals surface area contributed by atoms with Gasteiger partial charge in [-0.1, -0.05) is 13.8 Å². The van der Waals surface area contributed by atoms with E-state index in [0.29, 0.717) is 18.9 Å². The van der Waals surface area contributed by atoms with Crippen molar-refractivity contribution in [3.8, 4) is 0 Å². The van der Waals surface area contributed by atoms with E-state index in [9.17, 15) is 4.79 Å². The Morgan fingerprint density at radius 3 is 2.41 bits per heavy atom. The number of hydrogen-bond acceptors (Lipinski definition) is 3. The summed E-state index contributed by atoms with van der Waals surface area (Å²) in [5.74, 6) is -0.145. The predicted octanol–water partition coefficient (Wildman–Crippen LogP) is 2.28. The maximum atomic E-state index is 11.1. The highest BCUT2D eigenvalue weighted by Gasteiger charge is 2.33. The Balaban J connectivity index is 3.92. The molecular weight excluding hydrogens is 218 g/mol. The minimum atomic E-state index is -0.905. The van der Waals surface area contributed by atoms with Crippen LogP contribution >= 0.6 is 0 Å². The average molecular weight is 245 g/mol. The van der Waals surface area contributed by atoms with Crippen LogP contribution in [0.5, 0.6) is 0 Å². The number of carboxylic acid groups (broad SMARTS) is 1. The lowest BCUT2D eigenvalue weighted by Crippen LogP contribution is -2.49. The maximum absolute atomic E-state index is 11.1. The second-order valence-electron chi connectivity index (χ2n) is 5.31. The highest BCUT2D eigenvalue weighted by Crippen LogP contribution is 2.15. The van der Waals surface area contributed by atoms with Crippen molar-refractivity contribution in [3.05, 3.63) is 0 Å². The number of carbonyl (C=O) groups is 1. The van der Waals surface area contributed by atoms with Crippen molar-refractivity contribution in [2.45, 2.75) is 58.6 Å². The molecule has 4 heteroatoms. The third-order valence-corrected chi connectivity index (χ3v) is 3.05. The van der Waals surface area contributed by atoms with Gasteiger partial charge in [-0.15, -0.1) is 0 Å². The molecule has 0 amide bonds. The first kappa shape index (κ1) is 16.4. The van der Waals surface area contributed by atoms with E-state index in [-0.39, 0.29) is 6.10 Å². The van der Waals surface area contributed by atoms with E-state index >= 15 is 0 Å². The molecule has 2 unspecified atom stereocenters. The summed E-state index contributed by atoms with van der Waals surface area (Å²) in [6.07, 6.45) is 2.61.